The van der Waals surface area contributed by atoms with E-state index in [2.05, 4.69) is 29.4 Å². The van der Waals surface area contributed by atoms with Gasteiger partial charge in [-0.1, -0.05) is 61.8 Å². The van der Waals surface area contributed by atoms with Crippen LogP contribution >= 0.6 is 11.3 Å². The summed E-state index contributed by atoms with van der Waals surface area (Å²) in [5.74, 6) is -0.105. The molecule has 4 heteroatoms. The second-order valence-electron chi connectivity index (χ2n) is 5.95. The van der Waals surface area contributed by atoms with Gasteiger partial charge in [-0.2, -0.15) is 0 Å². The molecular formula is C20H22N2OS. The summed E-state index contributed by atoms with van der Waals surface area (Å²) in [6.45, 7) is 2.22. The molecule has 0 spiro atoms. The van der Waals surface area contributed by atoms with Crippen LogP contribution in [0.5, 0.6) is 0 Å². The summed E-state index contributed by atoms with van der Waals surface area (Å²) in [6, 6.07) is 15.8. The zero-order valence-corrected chi connectivity index (χ0v) is 14.7. The van der Waals surface area contributed by atoms with Crippen molar-refractivity contribution in [3.05, 3.63) is 59.7 Å². The number of carbonyl (C=O) groups is 1. The second-order valence-corrected chi connectivity index (χ2v) is 6.98. The normalized spacial score (nSPS) is 10.9. The maximum Gasteiger partial charge on any atom is 0.257 e. The number of nitrogens with one attached hydrogen (secondary N) is 1. The van der Waals surface area contributed by atoms with Gasteiger partial charge in [-0.25, -0.2) is 4.98 Å². The number of benzene rings is 2. The third kappa shape index (κ3) is 4.20. The monoisotopic (exact) mass is 338 g/mol. The highest BCUT2D eigenvalue weighted by Crippen LogP contribution is 2.25. The van der Waals surface area contributed by atoms with Crippen LogP contribution in [0.15, 0.2) is 48.5 Å². The summed E-state index contributed by atoms with van der Waals surface area (Å²) in [6.07, 6.45) is 6.12. The molecule has 0 aliphatic carbocycles. The van der Waals surface area contributed by atoms with Gasteiger partial charge in [0.15, 0.2) is 5.13 Å². The molecule has 0 saturated carbocycles. The molecule has 0 radical (unpaired) electrons. The molecule has 1 amide bonds. The van der Waals surface area contributed by atoms with Gasteiger partial charge in [0.1, 0.15) is 0 Å². The topological polar surface area (TPSA) is 42.0 Å². The van der Waals surface area contributed by atoms with Gasteiger partial charge in [0.25, 0.3) is 5.91 Å². The zero-order valence-electron chi connectivity index (χ0n) is 13.9. The summed E-state index contributed by atoms with van der Waals surface area (Å²) < 4.78 is 1.08. The number of aryl methyl sites for hydroxylation is 1. The average molecular weight is 338 g/mol. The number of aromatic nitrogens is 1. The molecule has 1 aromatic heterocycles. The second kappa shape index (κ2) is 8.06. The number of para-hydroxylation sites is 1. The summed E-state index contributed by atoms with van der Waals surface area (Å²) in [4.78, 5) is 16.8. The first-order valence-corrected chi connectivity index (χ1v) is 9.34. The van der Waals surface area contributed by atoms with E-state index in [9.17, 15) is 4.79 Å². The molecule has 124 valence electrons. The lowest BCUT2D eigenvalue weighted by molar-refractivity contribution is 0.102. The van der Waals surface area contributed by atoms with E-state index in [1.54, 1.807) is 0 Å². The van der Waals surface area contributed by atoms with Crippen molar-refractivity contribution in [1.29, 1.82) is 0 Å². The number of thiazole rings is 1. The molecule has 2 aromatic carbocycles. The summed E-state index contributed by atoms with van der Waals surface area (Å²) in [5, 5.41) is 3.54. The van der Waals surface area contributed by atoms with E-state index in [0.29, 0.717) is 10.7 Å². The SMILES string of the molecule is CCCCCCc1ccc(C(=O)Nc2nc3ccccc3s2)cc1. The van der Waals surface area contributed by atoms with E-state index in [0.717, 1.165) is 16.6 Å². The number of hydrogen-bond acceptors (Lipinski definition) is 3. The van der Waals surface area contributed by atoms with Crippen LogP contribution in [0.25, 0.3) is 10.2 Å². The van der Waals surface area contributed by atoms with E-state index in [-0.39, 0.29) is 5.91 Å². The molecule has 3 nitrogen and oxygen atoms in total. The maximum atomic E-state index is 12.4. The Balaban J connectivity index is 1.60. The molecule has 0 bridgehead atoms. The van der Waals surface area contributed by atoms with Crippen molar-refractivity contribution in [2.24, 2.45) is 0 Å². The number of amides is 1. The molecule has 1 heterocycles. The van der Waals surface area contributed by atoms with E-state index in [4.69, 9.17) is 0 Å². The predicted molar refractivity (Wildman–Crippen MR) is 102 cm³/mol. The fraction of sp³-hybridized carbons (Fsp3) is 0.300. The summed E-state index contributed by atoms with van der Waals surface area (Å²) in [7, 11) is 0. The van der Waals surface area contributed by atoms with Crippen molar-refractivity contribution in [1.82, 2.24) is 4.98 Å². The molecule has 3 aromatic rings. The Kier molecular flexibility index (Phi) is 5.59. The van der Waals surface area contributed by atoms with E-state index in [1.165, 1.54) is 42.6 Å². The minimum atomic E-state index is -0.105. The molecule has 1 N–H and O–H groups in total. The number of unbranched alkanes of at least 4 members (excludes halogenated alkanes) is 3. The minimum Gasteiger partial charge on any atom is -0.298 e. The number of rotatable bonds is 7. The third-order valence-corrected chi connectivity index (χ3v) is 5.00. The van der Waals surface area contributed by atoms with Crippen molar-refractivity contribution in [3.63, 3.8) is 0 Å². The summed E-state index contributed by atoms with van der Waals surface area (Å²) >= 11 is 1.50. The van der Waals surface area contributed by atoms with Gasteiger partial charge in [0.05, 0.1) is 10.2 Å². The Morgan fingerprint density at radius 3 is 2.58 bits per heavy atom. The van der Waals surface area contributed by atoms with Gasteiger partial charge in [-0.3, -0.25) is 10.1 Å². The standard InChI is InChI=1S/C20H22N2OS/c1-2-3-4-5-8-15-11-13-16(14-12-15)19(23)22-20-21-17-9-6-7-10-18(17)24-20/h6-7,9-14H,2-5,8H2,1H3,(H,21,22,23). The lowest BCUT2D eigenvalue weighted by Crippen LogP contribution is -2.11. The Bertz CT molecular complexity index is 775. The highest BCUT2D eigenvalue weighted by molar-refractivity contribution is 7.22. The van der Waals surface area contributed by atoms with Crippen LogP contribution in [0.3, 0.4) is 0 Å². The fourth-order valence-corrected chi connectivity index (χ4v) is 3.53. The molecule has 24 heavy (non-hydrogen) atoms. The van der Waals surface area contributed by atoms with Gasteiger partial charge < -0.3 is 0 Å². The number of fused-ring (bicyclic) bond motifs is 1. The number of hydrogen-bond donors (Lipinski definition) is 1. The van der Waals surface area contributed by atoms with Gasteiger partial charge >= 0.3 is 0 Å². The minimum absolute atomic E-state index is 0.105. The number of nitrogens with zero attached hydrogens (tertiary/aromatic N) is 1. The van der Waals surface area contributed by atoms with E-state index < -0.39 is 0 Å². The Morgan fingerprint density at radius 1 is 1.04 bits per heavy atom. The zero-order chi connectivity index (χ0) is 16.8. The lowest BCUT2D eigenvalue weighted by atomic mass is 10.0. The molecule has 0 saturated heterocycles. The van der Waals surface area contributed by atoms with E-state index >= 15 is 0 Å². The predicted octanol–water partition coefficient (Wildman–Crippen LogP) is 5.67. The van der Waals surface area contributed by atoms with Crippen LogP contribution in [0, 0.1) is 0 Å². The van der Waals surface area contributed by atoms with E-state index in [1.807, 2.05) is 36.4 Å². The van der Waals surface area contributed by atoms with Crippen molar-refractivity contribution < 1.29 is 4.79 Å². The molecule has 0 aliphatic heterocycles. The van der Waals surface area contributed by atoms with Crippen LogP contribution in [0.1, 0.15) is 48.5 Å². The highest BCUT2D eigenvalue weighted by atomic mass is 32.1. The first-order valence-electron chi connectivity index (χ1n) is 8.52. The Labute approximate surface area is 146 Å². The molecular weight excluding hydrogens is 316 g/mol. The van der Waals surface area contributed by atoms with Gasteiger partial charge in [0.2, 0.25) is 0 Å². The quantitative estimate of drug-likeness (QED) is 0.564. The molecule has 0 fully saturated rings. The summed E-state index contributed by atoms with van der Waals surface area (Å²) in [5.41, 5.74) is 2.88. The van der Waals surface area contributed by atoms with Crippen molar-refractivity contribution >= 4 is 32.6 Å². The van der Waals surface area contributed by atoms with Crippen molar-refractivity contribution in [3.8, 4) is 0 Å². The fourth-order valence-electron chi connectivity index (χ4n) is 2.67. The number of carbonyl (C=O) groups excluding carboxylic acids is 1. The van der Waals surface area contributed by atoms with Crippen LogP contribution in [-0.2, 0) is 6.42 Å². The van der Waals surface area contributed by atoms with Crippen LogP contribution in [0.2, 0.25) is 0 Å². The first kappa shape index (κ1) is 16.7. The van der Waals surface area contributed by atoms with Gasteiger partial charge in [0, 0.05) is 5.56 Å². The molecule has 0 atom stereocenters. The highest BCUT2D eigenvalue weighted by Gasteiger charge is 2.09. The third-order valence-electron chi connectivity index (χ3n) is 4.05. The molecule has 0 unspecified atom stereocenters. The lowest BCUT2D eigenvalue weighted by Gasteiger charge is -2.04. The van der Waals surface area contributed by atoms with Gasteiger partial charge in [-0.05, 0) is 42.7 Å². The largest absolute Gasteiger partial charge is 0.298 e. The van der Waals surface area contributed by atoms with Crippen LogP contribution in [-0.4, -0.2) is 10.9 Å². The molecule has 0 aliphatic rings. The smallest absolute Gasteiger partial charge is 0.257 e. The Morgan fingerprint density at radius 2 is 1.83 bits per heavy atom. The van der Waals surface area contributed by atoms with Crippen LogP contribution < -0.4 is 5.32 Å². The number of anilines is 1. The average Bonchev–Trinajstić information content (AvgIpc) is 3.01. The first-order chi connectivity index (χ1) is 11.8. The van der Waals surface area contributed by atoms with Crippen molar-refractivity contribution in [2.75, 3.05) is 5.32 Å². The Hall–Kier alpha value is -2.20. The van der Waals surface area contributed by atoms with Gasteiger partial charge in [-0.15, -0.1) is 0 Å². The van der Waals surface area contributed by atoms with Crippen molar-refractivity contribution in [2.45, 2.75) is 39.0 Å². The van der Waals surface area contributed by atoms with Crippen LogP contribution in [0.4, 0.5) is 5.13 Å². The molecule has 3 rings (SSSR count). The maximum absolute atomic E-state index is 12.4.